The number of carbonyl (C=O) groups excluding carboxylic acids is 2. The highest BCUT2D eigenvalue weighted by Gasteiger charge is 2.17. The largest absolute Gasteiger partial charge is 0.497 e. The van der Waals surface area contributed by atoms with Gasteiger partial charge in [0.1, 0.15) is 17.2 Å². The molecule has 0 spiro atoms. The first kappa shape index (κ1) is 21.1. The summed E-state index contributed by atoms with van der Waals surface area (Å²) in [5.41, 5.74) is 1.73. The van der Waals surface area contributed by atoms with Gasteiger partial charge >= 0.3 is 0 Å². The van der Waals surface area contributed by atoms with E-state index in [0.717, 1.165) is 5.56 Å². The van der Waals surface area contributed by atoms with Gasteiger partial charge in [0.05, 0.1) is 19.9 Å². The topological polar surface area (TPSA) is 77.1 Å². The number of hydrogen-bond donors (Lipinski definition) is 1. The number of nitrogens with one attached hydrogen (secondary N) is 1. The van der Waals surface area contributed by atoms with E-state index in [-0.39, 0.29) is 25.0 Å². The van der Waals surface area contributed by atoms with Crippen molar-refractivity contribution in [3.63, 3.8) is 0 Å². The third kappa shape index (κ3) is 5.90. The molecule has 0 aromatic heterocycles. The Morgan fingerprint density at radius 2 is 1.68 bits per heavy atom. The number of benzene rings is 2. The van der Waals surface area contributed by atoms with Crippen LogP contribution < -0.4 is 24.4 Å². The summed E-state index contributed by atoms with van der Waals surface area (Å²) in [5, 5.41) is 2.76. The van der Waals surface area contributed by atoms with Crippen LogP contribution in [0.5, 0.6) is 17.2 Å². The van der Waals surface area contributed by atoms with Crippen LogP contribution in [0, 0.1) is 6.92 Å². The summed E-state index contributed by atoms with van der Waals surface area (Å²) in [6.07, 6.45) is 0. The smallest absolute Gasteiger partial charge is 0.258 e. The van der Waals surface area contributed by atoms with Crippen LogP contribution in [0.25, 0.3) is 0 Å². The lowest BCUT2D eigenvalue weighted by molar-refractivity contribution is -0.123. The van der Waals surface area contributed by atoms with E-state index >= 15 is 0 Å². The number of carbonyl (C=O) groups is 2. The number of aryl methyl sites for hydroxylation is 1. The third-order valence-electron chi connectivity index (χ3n) is 4.11. The van der Waals surface area contributed by atoms with Crippen LogP contribution in [0.3, 0.4) is 0 Å². The summed E-state index contributed by atoms with van der Waals surface area (Å²) < 4.78 is 16.0. The van der Waals surface area contributed by atoms with Gasteiger partial charge in [-0.05, 0) is 31.2 Å². The average molecular weight is 386 g/mol. The molecular weight excluding hydrogens is 360 g/mol. The van der Waals surface area contributed by atoms with Gasteiger partial charge in [0, 0.05) is 26.1 Å². The van der Waals surface area contributed by atoms with E-state index in [2.05, 4.69) is 5.32 Å². The van der Waals surface area contributed by atoms with Gasteiger partial charge in [0.25, 0.3) is 5.91 Å². The summed E-state index contributed by atoms with van der Waals surface area (Å²) in [4.78, 5) is 25.6. The summed E-state index contributed by atoms with van der Waals surface area (Å²) in [6.45, 7) is 3.94. The molecule has 2 aromatic carbocycles. The van der Waals surface area contributed by atoms with Gasteiger partial charge in [-0.15, -0.1) is 0 Å². The number of amides is 2. The second kappa shape index (κ2) is 10.2. The Labute approximate surface area is 165 Å². The van der Waals surface area contributed by atoms with Crippen molar-refractivity contribution in [3.8, 4) is 17.2 Å². The quantitative estimate of drug-likeness (QED) is 0.717. The third-order valence-corrected chi connectivity index (χ3v) is 4.11. The molecule has 0 saturated heterocycles. The molecule has 0 aliphatic rings. The number of nitrogens with zero attached hydrogens (tertiary/aromatic N) is 1. The zero-order chi connectivity index (χ0) is 20.5. The molecule has 2 aromatic rings. The van der Waals surface area contributed by atoms with E-state index in [1.807, 2.05) is 31.2 Å². The van der Waals surface area contributed by atoms with Gasteiger partial charge in [-0.25, -0.2) is 0 Å². The second-order valence-corrected chi connectivity index (χ2v) is 6.16. The van der Waals surface area contributed by atoms with E-state index in [1.54, 1.807) is 30.2 Å². The monoisotopic (exact) mass is 386 g/mol. The fourth-order valence-electron chi connectivity index (χ4n) is 2.60. The summed E-state index contributed by atoms with van der Waals surface area (Å²) >= 11 is 0. The molecule has 28 heavy (non-hydrogen) atoms. The van der Waals surface area contributed by atoms with E-state index in [4.69, 9.17) is 14.2 Å². The molecule has 0 aliphatic carbocycles. The van der Waals surface area contributed by atoms with E-state index in [9.17, 15) is 9.59 Å². The van der Waals surface area contributed by atoms with Crippen LogP contribution in [0.4, 0.5) is 5.69 Å². The van der Waals surface area contributed by atoms with E-state index < -0.39 is 0 Å². The zero-order valence-electron chi connectivity index (χ0n) is 16.7. The number of hydrogen-bond acceptors (Lipinski definition) is 5. The Morgan fingerprint density at radius 1 is 1.00 bits per heavy atom. The fraction of sp³-hybridized carbons (Fsp3) is 0.333. The van der Waals surface area contributed by atoms with Crippen LogP contribution in [0.2, 0.25) is 0 Å². The molecule has 0 aliphatic heterocycles. The van der Waals surface area contributed by atoms with E-state index in [0.29, 0.717) is 29.5 Å². The molecule has 2 rings (SSSR count). The van der Waals surface area contributed by atoms with Crippen LogP contribution >= 0.6 is 0 Å². The molecule has 0 bridgehead atoms. The first-order chi connectivity index (χ1) is 13.4. The maximum absolute atomic E-state index is 12.1. The molecule has 0 saturated carbocycles. The normalized spacial score (nSPS) is 10.1. The van der Waals surface area contributed by atoms with Crippen molar-refractivity contribution in [2.45, 2.75) is 13.8 Å². The lowest BCUT2D eigenvalue weighted by Crippen LogP contribution is -2.39. The lowest BCUT2D eigenvalue weighted by atomic mass is 10.2. The van der Waals surface area contributed by atoms with Crippen LogP contribution in [0.15, 0.2) is 42.5 Å². The molecule has 0 heterocycles. The van der Waals surface area contributed by atoms with E-state index in [1.165, 1.54) is 14.0 Å². The molecule has 7 nitrogen and oxygen atoms in total. The SMILES string of the molecule is COc1ccc(N(CCNC(=O)COc2ccc(C)cc2)C(C)=O)c(OC)c1. The summed E-state index contributed by atoms with van der Waals surface area (Å²) in [5.74, 6) is 1.36. The summed E-state index contributed by atoms with van der Waals surface area (Å²) in [7, 11) is 3.09. The molecule has 7 heteroatoms. The van der Waals surface area contributed by atoms with Gasteiger partial charge in [-0.3, -0.25) is 9.59 Å². The van der Waals surface area contributed by atoms with Crippen molar-refractivity contribution >= 4 is 17.5 Å². The Kier molecular flexibility index (Phi) is 7.68. The Balaban J connectivity index is 1.90. The van der Waals surface area contributed by atoms with Crippen molar-refractivity contribution in [1.82, 2.24) is 5.32 Å². The highest BCUT2D eigenvalue weighted by molar-refractivity contribution is 5.93. The Bertz CT molecular complexity index is 805. The van der Waals surface area contributed by atoms with Crippen molar-refractivity contribution in [3.05, 3.63) is 48.0 Å². The minimum Gasteiger partial charge on any atom is -0.497 e. The zero-order valence-corrected chi connectivity index (χ0v) is 16.7. The predicted octanol–water partition coefficient (Wildman–Crippen LogP) is 2.56. The first-order valence-electron chi connectivity index (χ1n) is 8.91. The van der Waals surface area contributed by atoms with Crippen molar-refractivity contribution in [1.29, 1.82) is 0 Å². The van der Waals surface area contributed by atoms with Crippen LogP contribution in [-0.4, -0.2) is 45.7 Å². The molecule has 150 valence electrons. The van der Waals surface area contributed by atoms with Crippen molar-refractivity contribution in [2.75, 3.05) is 38.8 Å². The number of ether oxygens (including phenoxy) is 3. The minimum absolute atomic E-state index is 0.0883. The Hall–Kier alpha value is -3.22. The summed E-state index contributed by atoms with van der Waals surface area (Å²) in [6, 6.07) is 12.7. The predicted molar refractivity (Wildman–Crippen MR) is 107 cm³/mol. The standard InChI is InChI=1S/C21H26N2O5/c1-15-5-7-17(8-6-15)28-14-21(25)22-11-12-23(16(2)24)19-10-9-18(26-3)13-20(19)27-4/h5-10,13H,11-12,14H2,1-4H3,(H,22,25). The highest BCUT2D eigenvalue weighted by Crippen LogP contribution is 2.32. The van der Waals surface area contributed by atoms with Crippen molar-refractivity contribution < 1.29 is 23.8 Å². The highest BCUT2D eigenvalue weighted by atomic mass is 16.5. The number of methoxy groups -OCH3 is 2. The molecule has 0 fully saturated rings. The number of rotatable bonds is 9. The average Bonchev–Trinajstić information content (AvgIpc) is 2.70. The van der Waals surface area contributed by atoms with Gasteiger partial charge in [0.15, 0.2) is 6.61 Å². The maximum atomic E-state index is 12.1. The number of anilines is 1. The molecule has 0 unspecified atom stereocenters. The maximum Gasteiger partial charge on any atom is 0.258 e. The van der Waals surface area contributed by atoms with Gasteiger partial charge in [-0.2, -0.15) is 0 Å². The molecular formula is C21H26N2O5. The lowest BCUT2D eigenvalue weighted by Gasteiger charge is -2.23. The van der Waals surface area contributed by atoms with Gasteiger partial charge in [0.2, 0.25) is 5.91 Å². The fourth-order valence-corrected chi connectivity index (χ4v) is 2.60. The van der Waals surface area contributed by atoms with Crippen LogP contribution in [0.1, 0.15) is 12.5 Å². The Morgan fingerprint density at radius 3 is 2.29 bits per heavy atom. The van der Waals surface area contributed by atoms with Crippen LogP contribution in [-0.2, 0) is 9.59 Å². The first-order valence-corrected chi connectivity index (χ1v) is 8.91. The van der Waals surface area contributed by atoms with Crippen molar-refractivity contribution in [2.24, 2.45) is 0 Å². The van der Waals surface area contributed by atoms with Gasteiger partial charge in [-0.1, -0.05) is 17.7 Å². The van der Waals surface area contributed by atoms with Gasteiger partial charge < -0.3 is 24.4 Å². The minimum atomic E-state index is -0.259. The molecule has 1 N–H and O–H groups in total. The molecule has 2 amide bonds. The second-order valence-electron chi connectivity index (χ2n) is 6.16. The molecule has 0 atom stereocenters. The molecule has 0 radical (unpaired) electrons.